The van der Waals surface area contributed by atoms with Crippen molar-refractivity contribution in [2.45, 2.75) is 39.2 Å². The van der Waals surface area contributed by atoms with Crippen LogP contribution in [-0.2, 0) is 14.3 Å². The Labute approximate surface area is 114 Å². The average Bonchev–Trinajstić information content (AvgIpc) is 3.05. The third-order valence-electron chi connectivity index (χ3n) is 2.96. The molecule has 1 aliphatic carbocycles. The molecule has 1 amide bonds. The summed E-state index contributed by atoms with van der Waals surface area (Å²) in [6.07, 6.45) is 1.68. The van der Waals surface area contributed by atoms with E-state index in [-0.39, 0.29) is 17.9 Å². The van der Waals surface area contributed by atoms with Crippen molar-refractivity contribution in [1.29, 1.82) is 0 Å². The summed E-state index contributed by atoms with van der Waals surface area (Å²) in [6, 6.07) is 0. The standard InChI is InChI=1S/C13H24N2O4/c1-12(2,3)19-11(17)15-9-13(5-6-13)8-14-7-10(16)18-4/h14H,5-9H2,1-4H3,(H,15,17). The second-order valence-electron chi connectivity index (χ2n) is 6.04. The largest absolute Gasteiger partial charge is 0.468 e. The monoisotopic (exact) mass is 272 g/mol. The number of carbonyl (C=O) groups excluding carboxylic acids is 2. The Kier molecular flexibility index (Phi) is 5.17. The zero-order chi connectivity index (χ0) is 14.5. The fourth-order valence-corrected chi connectivity index (χ4v) is 1.67. The first kappa shape index (κ1) is 15.8. The van der Waals surface area contributed by atoms with Gasteiger partial charge in [0, 0.05) is 18.5 Å². The fourth-order valence-electron chi connectivity index (χ4n) is 1.67. The number of hydrogen-bond acceptors (Lipinski definition) is 5. The van der Waals surface area contributed by atoms with E-state index in [0.29, 0.717) is 13.1 Å². The second-order valence-corrected chi connectivity index (χ2v) is 6.04. The van der Waals surface area contributed by atoms with Crippen molar-refractivity contribution >= 4 is 12.1 Å². The maximum atomic E-state index is 11.5. The highest BCUT2D eigenvalue weighted by Gasteiger charge is 2.42. The van der Waals surface area contributed by atoms with Crippen molar-refractivity contribution in [3.8, 4) is 0 Å². The van der Waals surface area contributed by atoms with Gasteiger partial charge in [-0.3, -0.25) is 4.79 Å². The van der Waals surface area contributed by atoms with Crippen molar-refractivity contribution in [2.24, 2.45) is 5.41 Å². The van der Waals surface area contributed by atoms with E-state index in [2.05, 4.69) is 15.4 Å². The molecule has 110 valence electrons. The molecule has 0 unspecified atom stereocenters. The molecule has 19 heavy (non-hydrogen) atoms. The van der Waals surface area contributed by atoms with Crippen LogP contribution in [0.1, 0.15) is 33.6 Å². The first-order valence-electron chi connectivity index (χ1n) is 6.51. The van der Waals surface area contributed by atoms with Crippen LogP contribution in [0.4, 0.5) is 4.79 Å². The van der Waals surface area contributed by atoms with E-state index >= 15 is 0 Å². The minimum Gasteiger partial charge on any atom is -0.468 e. The van der Waals surface area contributed by atoms with Crippen molar-refractivity contribution in [3.05, 3.63) is 0 Å². The number of hydrogen-bond donors (Lipinski definition) is 2. The Morgan fingerprint density at radius 1 is 1.21 bits per heavy atom. The van der Waals surface area contributed by atoms with Gasteiger partial charge >= 0.3 is 12.1 Å². The van der Waals surface area contributed by atoms with Gasteiger partial charge in [0.25, 0.3) is 0 Å². The lowest BCUT2D eigenvalue weighted by atomic mass is 10.1. The SMILES string of the molecule is COC(=O)CNCC1(CNC(=O)OC(C)(C)C)CC1. The minimum absolute atomic E-state index is 0.0604. The van der Waals surface area contributed by atoms with Gasteiger partial charge in [0.1, 0.15) is 5.60 Å². The quantitative estimate of drug-likeness (QED) is 0.707. The highest BCUT2D eigenvalue weighted by molar-refractivity contribution is 5.71. The second kappa shape index (κ2) is 6.23. The number of ether oxygens (including phenoxy) is 2. The lowest BCUT2D eigenvalue weighted by molar-refractivity contribution is -0.139. The summed E-state index contributed by atoms with van der Waals surface area (Å²) in [5.74, 6) is -0.282. The molecular formula is C13H24N2O4. The summed E-state index contributed by atoms with van der Waals surface area (Å²) in [4.78, 5) is 22.5. The molecule has 0 heterocycles. The molecule has 0 aromatic carbocycles. The summed E-state index contributed by atoms with van der Waals surface area (Å²) >= 11 is 0. The number of carbonyl (C=O) groups is 2. The molecule has 1 saturated carbocycles. The van der Waals surface area contributed by atoms with E-state index in [1.807, 2.05) is 20.8 Å². The molecule has 6 nitrogen and oxygen atoms in total. The van der Waals surface area contributed by atoms with Crippen LogP contribution in [0.2, 0.25) is 0 Å². The normalized spacial score (nSPS) is 16.6. The summed E-state index contributed by atoms with van der Waals surface area (Å²) in [5, 5.41) is 5.82. The lowest BCUT2D eigenvalue weighted by Gasteiger charge is -2.21. The molecule has 0 aromatic rings. The predicted octanol–water partition coefficient (Wildman–Crippen LogP) is 1.05. The fraction of sp³-hybridized carbons (Fsp3) is 0.846. The van der Waals surface area contributed by atoms with Crippen LogP contribution in [0.15, 0.2) is 0 Å². The van der Waals surface area contributed by atoms with Gasteiger partial charge in [-0.2, -0.15) is 0 Å². The maximum Gasteiger partial charge on any atom is 0.407 e. The van der Waals surface area contributed by atoms with Crippen molar-refractivity contribution in [2.75, 3.05) is 26.7 Å². The van der Waals surface area contributed by atoms with E-state index in [4.69, 9.17) is 4.74 Å². The van der Waals surface area contributed by atoms with Crippen LogP contribution < -0.4 is 10.6 Å². The number of rotatable bonds is 6. The number of methoxy groups -OCH3 is 1. The molecule has 6 heteroatoms. The highest BCUT2D eigenvalue weighted by Crippen LogP contribution is 2.44. The number of alkyl carbamates (subject to hydrolysis) is 1. The van der Waals surface area contributed by atoms with E-state index in [1.165, 1.54) is 7.11 Å². The van der Waals surface area contributed by atoms with Crippen molar-refractivity contribution < 1.29 is 19.1 Å². The van der Waals surface area contributed by atoms with Crippen LogP contribution >= 0.6 is 0 Å². The molecule has 0 spiro atoms. The third-order valence-corrected chi connectivity index (χ3v) is 2.96. The first-order chi connectivity index (χ1) is 8.76. The molecule has 1 aliphatic rings. The van der Waals surface area contributed by atoms with Crippen LogP contribution in [0.25, 0.3) is 0 Å². The van der Waals surface area contributed by atoms with Gasteiger partial charge in [-0.05, 0) is 33.6 Å². The van der Waals surface area contributed by atoms with Gasteiger partial charge in [-0.25, -0.2) is 4.79 Å². The van der Waals surface area contributed by atoms with Gasteiger partial charge < -0.3 is 20.1 Å². The van der Waals surface area contributed by atoms with E-state index in [1.54, 1.807) is 0 Å². The zero-order valence-corrected chi connectivity index (χ0v) is 12.2. The van der Waals surface area contributed by atoms with Crippen molar-refractivity contribution in [3.63, 3.8) is 0 Å². The van der Waals surface area contributed by atoms with E-state index < -0.39 is 11.7 Å². The summed E-state index contributed by atoms with van der Waals surface area (Å²) in [7, 11) is 1.36. The van der Waals surface area contributed by atoms with Gasteiger partial charge in [0.05, 0.1) is 13.7 Å². The third kappa shape index (κ3) is 6.42. The minimum atomic E-state index is -0.482. The summed E-state index contributed by atoms with van der Waals surface area (Å²) in [6.45, 7) is 6.95. The lowest BCUT2D eigenvalue weighted by Crippen LogP contribution is -2.39. The number of nitrogens with one attached hydrogen (secondary N) is 2. The Morgan fingerprint density at radius 2 is 1.84 bits per heavy atom. The summed E-state index contributed by atoms with van der Waals surface area (Å²) < 4.78 is 9.72. The van der Waals surface area contributed by atoms with Crippen LogP contribution in [0, 0.1) is 5.41 Å². The number of esters is 1. The van der Waals surface area contributed by atoms with Crippen LogP contribution in [-0.4, -0.2) is 44.4 Å². The van der Waals surface area contributed by atoms with Gasteiger partial charge in [-0.15, -0.1) is 0 Å². The van der Waals surface area contributed by atoms with Crippen LogP contribution in [0.5, 0.6) is 0 Å². The average molecular weight is 272 g/mol. The maximum absolute atomic E-state index is 11.5. The molecule has 1 fully saturated rings. The molecule has 2 N–H and O–H groups in total. The Balaban J connectivity index is 2.21. The Hall–Kier alpha value is -1.30. The molecule has 1 rings (SSSR count). The molecule has 0 bridgehead atoms. The van der Waals surface area contributed by atoms with Gasteiger partial charge in [0.2, 0.25) is 0 Å². The predicted molar refractivity (Wildman–Crippen MR) is 70.8 cm³/mol. The smallest absolute Gasteiger partial charge is 0.407 e. The van der Waals surface area contributed by atoms with Gasteiger partial charge in [0.15, 0.2) is 0 Å². The van der Waals surface area contributed by atoms with Gasteiger partial charge in [-0.1, -0.05) is 0 Å². The Morgan fingerprint density at radius 3 is 2.32 bits per heavy atom. The molecule has 0 saturated heterocycles. The topological polar surface area (TPSA) is 76.7 Å². The van der Waals surface area contributed by atoms with Crippen molar-refractivity contribution in [1.82, 2.24) is 10.6 Å². The molecule has 0 aromatic heterocycles. The summed E-state index contributed by atoms with van der Waals surface area (Å²) in [5.41, 5.74) is -0.422. The molecular weight excluding hydrogens is 248 g/mol. The molecule has 0 radical (unpaired) electrons. The molecule has 0 atom stereocenters. The van der Waals surface area contributed by atoms with Crippen LogP contribution in [0.3, 0.4) is 0 Å². The first-order valence-corrected chi connectivity index (χ1v) is 6.51. The highest BCUT2D eigenvalue weighted by atomic mass is 16.6. The Bertz CT molecular complexity index is 332. The molecule has 0 aliphatic heterocycles. The number of amides is 1. The zero-order valence-electron chi connectivity index (χ0n) is 12.2. The van der Waals surface area contributed by atoms with E-state index in [0.717, 1.165) is 12.8 Å². The van der Waals surface area contributed by atoms with E-state index in [9.17, 15) is 9.59 Å².